The Hall–Kier alpha value is -2.26. The number of anilines is 1. The van der Waals surface area contributed by atoms with Crippen LogP contribution in [-0.4, -0.2) is 35.6 Å². The largest absolute Gasteiger partial charge is 0.312 e. The van der Waals surface area contributed by atoms with Gasteiger partial charge in [-0.3, -0.25) is 4.79 Å². The number of aryl methyl sites for hydroxylation is 2. The standard InChI is InChI=1S/C18H23N5O3S/c1-3-17-19-18-15(5-4-9-23(18)20-17)21-27(25,26)14-7-6-13-8-10-22(12(2)24)16(13)11-14/h6-7,11,15,21H,3-5,8-10H2,1-2H3/t15-/m1/s1. The molecule has 0 spiro atoms. The van der Waals surface area contributed by atoms with Gasteiger partial charge in [0.15, 0.2) is 5.82 Å². The lowest BCUT2D eigenvalue weighted by Gasteiger charge is -2.23. The molecular weight excluding hydrogens is 366 g/mol. The third kappa shape index (κ3) is 3.25. The number of hydrogen-bond donors (Lipinski definition) is 1. The second-order valence-electron chi connectivity index (χ2n) is 6.99. The molecule has 1 amide bonds. The van der Waals surface area contributed by atoms with E-state index < -0.39 is 16.1 Å². The van der Waals surface area contributed by atoms with Gasteiger partial charge in [-0.2, -0.15) is 5.10 Å². The van der Waals surface area contributed by atoms with E-state index >= 15 is 0 Å². The molecule has 2 aliphatic rings. The third-order valence-electron chi connectivity index (χ3n) is 5.17. The Morgan fingerprint density at radius 1 is 1.33 bits per heavy atom. The zero-order chi connectivity index (χ0) is 19.2. The molecule has 0 saturated heterocycles. The van der Waals surface area contributed by atoms with Crippen LogP contribution in [0.3, 0.4) is 0 Å². The normalized spacial score (nSPS) is 19.0. The van der Waals surface area contributed by atoms with Crippen molar-refractivity contribution >= 4 is 21.6 Å². The second-order valence-corrected chi connectivity index (χ2v) is 8.70. The smallest absolute Gasteiger partial charge is 0.241 e. The van der Waals surface area contributed by atoms with Gasteiger partial charge in [0.2, 0.25) is 15.9 Å². The van der Waals surface area contributed by atoms with E-state index in [9.17, 15) is 13.2 Å². The highest BCUT2D eigenvalue weighted by Gasteiger charge is 2.30. The highest BCUT2D eigenvalue weighted by Crippen LogP contribution is 2.32. The van der Waals surface area contributed by atoms with Gasteiger partial charge < -0.3 is 4.90 Å². The molecule has 0 bridgehead atoms. The van der Waals surface area contributed by atoms with Crippen molar-refractivity contribution in [3.8, 4) is 0 Å². The number of carbonyl (C=O) groups excluding carboxylic acids is 1. The van der Waals surface area contributed by atoms with Crippen LogP contribution in [0.4, 0.5) is 5.69 Å². The number of sulfonamides is 1. The summed E-state index contributed by atoms with van der Waals surface area (Å²) in [7, 11) is -3.74. The predicted octanol–water partition coefficient (Wildman–Crippen LogP) is 1.56. The summed E-state index contributed by atoms with van der Waals surface area (Å²) in [6.07, 6.45) is 2.99. The molecule has 0 radical (unpaired) electrons. The first-order chi connectivity index (χ1) is 12.9. The number of benzene rings is 1. The molecular formula is C18H23N5O3S. The van der Waals surface area contributed by atoms with E-state index in [1.165, 1.54) is 6.92 Å². The second kappa shape index (κ2) is 6.72. The average Bonchev–Trinajstić information content (AvgIpc) is 3.25. The monoisotopic (exact) mass is 389 g/mol. The summed E-state index contributed by atoms with van der Waals surface area (Å²) in [5.74, 6) is 1.32. The van der Waals surface area contributed by atoms with Gasteiger partial charge in [0.1, 0.15) is 5.82 Å². The molecule has 4 rings (SSSR count). The van der Waals surface area contributed by atoms with Crippen LogP contribution >= 0.6 is 0 Å². The Labute approximate surface area is 158 Å². The molecule has 0 fully saturated rings. The summed E-state index contributed by atoms with van der Waals surface area (Å²) in [6.45, 7) is 4.82. The van der Waals surface area contributed by atoms with Crippen LogP contribution in [0, 0.1) is 0 Å². The number of aromatic nitrogens is 3. The predicted molar refractivity (Wildman–Crippen MR) is 99.9 cm³/mol. The first kappa shape index (κ1) is 18.1. The van der Waals surface area contributed by atoms with Crippen LogP contribution in [-0.2, 0) is 34.2 Å². The highest BCUT2D eigenvalue weighted by atomic mass is 32.2. The number of rotatable bonds is 4. The lowest BCUT2D eigenvalue weighted by molar-refractivity contribution is -0.116. The maximum absolute atomic E-state index is 13.0. The van der Waals surface area contributed by atoms with E-state index in [0.717, 1.165) is 30.8 Å². The molecule has 2 aromatic rings. The summed E-state index contributed by atoms with van der Waals surface area (Å²) in [5, 5.41) is 4.43. The lowest BCUT2D eigenvalue weighted by atomic mass is 10.1. The Balaban J connectivity index is 1.63. The van der Waals surface area contributed by atoms with E-state index in [2.05, 4.69) is 14.8 Å². The number of carbonyl (C=O) groups is 1. The van der Waals surface area contributed by atoms with Crippen LogP contribution in [0.2, 0.25) is 0 Å². The average molecular weight is 389 g/mol. The van der Waals surface area contributed by atoms with Crippen LogP contribution < -0.4 is 9.62 Å². The molecule has 2 aliphatic heterocycles. The van der Waals surface area contributed by atoms with Gasteiger partial charge in [-0.25, -0.2) is 22.8 Å². The third-order valence-corrected chi connectivity index (χ3v) is 6.64. The zero-order valence-corrected chi connectivity index (χ0v) is 16.3. The maximum Gasteiger partial charge on any atom is 0.241 e. The van der Waals surface area contributed by atoms with Crippen LogP contribution in [0.25, 0.3) is 0 Å². The Kier molecular flexibility index (Phi) is 4.51. The zero-order valence-electron chi connectivity index (χ0n) is 15.5. The van der Waals surface area contributed by atoms with E-state index in [1.807, 2.05) is 6.92 Å². The lowest BCUT2D eigenvalue weighted by Crippen LogP contribution is -2.33. The minimum absolute atomic E-state index is 0.0799. The van der Waals surface area contributed by atoms with Gasteiger partial charge in [-0.05, 0) is 37.0 Å². The summed E-state index contributed by atoms with van der Waals surface area (Å²) in [6, 6.07) is 4.60. The molecule has 1 atom stereocenters. The van der Waals surface area contributed by atoms with Gasteiger partial charge in [-0.1, -0.05) is 13.0 Å². The number of nitrogens with one attached hydrogen (secondary N) is 1. The number of nitrogens with zero attached hydrogens (tertiary/aromatic N) is 4. The van der Waals surface area contributed by atoms with Gasteiger partial charge in [0, 0.05) is 32.1 Å². The topological polar surface area (TPSA) is 97.2 Å². The molecule has 0 aliphatic carbocycles. The van der Waals surface area contributed by atoms with Crippen LogP contribution in [0.5, 0.6) is 0 Å². The van der Waals surface area contributed by atoms with E-state index in [-0.39, 0.29) is 10.8 Å². The summed E-state index contributed by atoms with van der Waals surface area (Å²) >= 11 is 0. The van der Waals surface area contributed by atoms with Crippen LogP contribution in [0.15, 0.2) is 23.1 Å². The molecule has 8 nitrogen and oxygen atoms in total. The summed E-state index contributed by atoms with van der Waals surface area (Å²) < 4.78 is 30.6. The fraction of sp³-hybridized carbons (Fsp3) is 0.500. The summed E-state index contributed by atoms with van der Waals surface area (Å²) in [4.78, 5) is 18.1. The Morgan fingerprint density at radius 2 is 2.15 bits per heavy atom. The van der Waals surface area contributed by atoms with E-state index in [0.29, 0.717) is 30.9 Å². The first-order valence-electron chi connectivity index (χ1n) is 9.26. The van der Waals surface area contributed by atoms with Crippen molar-refractivity contribution in [2.24, 2.45) is 0 Å². The first-order valence-corrected chi connectivity index (χ1v) is 10.7. The molecule has 1 aromatic carbocycles. The molecule has 27 heavy (non-hydrogen) atoms. The Morgan fingerprint density at radius 3 is 2.89 bits per heavy atom. The summed E-state index contributed by atoms with van der Waals surface area (Å²) in [5.41, 5.74) is 1.68. The fourth-order valence-electron chi connectivity index (χ4n) is 3.77. The molecule has 1 aromatic heterocycles. The number of fused-ring (bicyclic) bond motifs is 2. The number of amides is 1. The molecule has 0 saturated carbocycles. The van der Waals surface area contributed by atoms with Crippen molar-refractivity contribution in [1.29, 1.82) is 0 Å². The van der Waals surface area contributed by atoms with Gasteiger partial charge in [-0.15, -0.1) is 0 Å². The number of hydrogen-bond acceptors (Lipinski definition) is 5. The van der Waals surface area contributed by atoms with Crippen LogP contribution in [0.1, 0.15) is 49.9 Å². The Bertz CT molecular complexity index is 998. The highest BCUT2D eigenvalue weighted by molar-refractivity contribution is 7.89. The van der Waals surface area contributed by atoms with E-state index in [4.69, 9.17) is 0 Å². The van der Waals surface area contributed by atoms with Gasteiger partial charge in [0.25, 0.3) is 0 Å². The molecule has 144 valence electrons. The quantitative estimate of drug-likeness (QED) is 0.856. The molecule has 1 N–H and O–H groups in total. The SMILES string of the molecule is CCc1nc2n(n1)CCC[C@H]2NS(=O)(=O)c1ccc2c(c1)N(C(C)=O)CC2. The minimum Gasteiger partial charge on any atom is -0.312 e. The van der Waals surface area contributed by atoms with Crippen molar-refractivity contribution < 1.29 is 13.2 Å². The maximum atomic E-state index is 13.0. The van der Waals surface area contributed by atoms with Gasteiger partial charge >= 0.3 is 0 Å². The van der Waals surface area contributed by atoms with Gasteiger partial charge in [0.05, 0.1) is 10.9 Å². The van der Waals surface area contributed by atoms with Crippen molar-refractivity contribution in [3.63, 3.8) is 0 Å². The van der Waals surface area contributed by atoms with Crippen molar-refractivity contribution in [1.82, 2.24) is 19.5 Å². The van der Waals surface area contributed by atoms with Crippen molar-refractivity contribution in [3.05, 3.63) is 35.4 Å². The molecule has 0 unspecified atom stereocenters. The van der Waals surface area contributed by atoms with Crippen molar-refractivity contribution in [2.45, 2.75) is 57.0 Å². The molecule has 3 heterocycles. The fourth-order valence-corrected chi connectivity index (χ4v) is 5.02. The van der Waals surface area contributed by atoms with Crippen molar-refractivity contribution in [2.75, 3.05) is 11.4 Å². The van der Waals surface area contributed by atoms with E-state index in [1.54, 1.807) is 27.8 Å². The minimum atomic E-state index is -3.74. The molecule has 9 heteroatoms.